The highest BCUT2D eigenvalue weighted by atomic mass is 16.5. The van der Waals surface area contributed by atoms with Crippen LogP contribution < -0.4 is 10.6 Å². The van der Waals surface area contributed by atoms with Crippen LogP contribution in [0.25, 0.3) is 11.6 Å². The lowest BCUT2D eigenvalue weighted by molar-refractivity contribution is 0.0925. The van der Waals surface area contributed by atoms with Gasteiger partial charge in [0, 0.05) is 38.6 Å². The average Bonchev–Trinajstić information content (AvgIpc) is 3.41. The molecule has 0 saturated carbocycles. The molecule has 0 bridgehead atoms. The molecule has 1 fully saturated rings. The fourth-order valence-electron chi connectivity index (χ4n) is 4.64. The van der Waals surface area contributed by atoms with Crippen LogP contribution in [-0.4, -0.2) is 59.1 Å². The molecule has 5 heterocycles. The van der Waals surface area contributed by atoms with Crippen molar-refractivity contribution in [3.63, 3.8) is 0 Å². The summed E-state index contributed by atoms with van der Waals surface area (Å²) in [4.78, 5) is 35.0. The number of carbonyl (C=O) groups is 1. The Morgan fingerprint density at radius 3 is 2.91 bits per heavy atom. The number of hydrogen-bond acceptors (Lipinski definition) is 7. The number of anilines is 1. The number of amides is 1. The van der Waals surface area contributed by atoms with Crippen LogP contribution in [0, 0.1) is 0 Å². The van der Waals surface area contributed by atoms with Crippen molar-refractivity contribution in [3.8, 4) is 0 Å². The van der Waals surface area contributed by atoms with Crippen LogP contribution in [0.4, 0.5) is 5.69 Å². The van der Waals surface area contributed by atoms with Gasteiger partial charge in [-0.1, -0.05) is 19.1 Å². The van der Waals surface area contributed by atoms with E-state index < -0.39 is 0 Å². The van der Waals surface area contributed by atoms with Crippen LogP contribution in [0.1, 0.15) is 53.5 Å². The van der Waals surface area contributed by atoms with Gasteiger partial charge >= 0.3 is 0 Å². The summed E-state index contributed by atoms with van der Waals surface area (Å²) in [6, 6.07) is 5.91. The van der Waals surface area contributed by atoms with Gasteiger partial charge in [-0.25, -0.2) is 4.79 Å². The second-order valence-electron chi connectivity index (χ2n) is 9.08. The summed E-state index contributed by atoms with van der Waals surface area (Å²) < 4.78 is 5.31. The van der Waals surface area contributed by atoms with E-state index in [4.69, 9.17) is 4.74 Å². The minimum atomic E-state index is -0.152. The summed E-state index contributed by atoms with van der Waals surface area (Å²) in [5, 5.41) is 6.15. The van der Waals surface area contributed by atoms with Crippen molar-refractivity contribution in [1.82, 2.24) is 20.2 Å². The van der Waals surface area contributed by atoms with E-state index in [9.17, 15) is 9.59 Å². The van der Waals surface area contributed by atoms with E-state index in [1.165, 1.54) is 5.57 Å². The molecule has 0 radical (unpaired) electrons. The van der Waals surface area contributed by atoms with Crippen LogP contribution in [0.3, 0.4) is 0 Å². The van der Waals surface area contributed by atoms with Crippen molar-refractivity contribution in [1.29, 1.82) is 0 Å². The van der Waals surface area contributed by atoms with Crippen molar-refractivity contribution in [2.45, 2.75) is 38.8 Å². The van der Waals surface area contributed by atoms with Gasteiger partial charge in [-0.05, 0) is 59.7 Å². The van der Waals surface area contributed by atoms with Gasteiger partial charge < -0.3 is 15.4 Å². The molecule has 0 aliphatic carbocycles. The van der Waals surface area contributed by atoms with Crippen molar-refractivity contribution >= 4 is 29.2 Å². The van der Waals surface area contributed by atoms with Crippen molar-refractivity contribution < 1.29 is 14.3 Å². The van der Waals surface area contributed by atoms with Crippen molar-refractivity contribution in [2.24, 2.45) is 0 Å². The Morgan fingerprint density at radius 2 is 2.23 bits per heavy atom. The van der Waals surface area contributed by atoms with Crippen molar-refractivity contribution in [3.05, 3.63) is 70.5 Å². The maximum absolute atomic E-state index is 12.4. The molecule has 0 unspecified atom stereocenters. The molecule has 1 saturated heterocycles. The first-order chi connectivity index (χ1) is 17.1. The van der Waals surface area contributed by atoms with Crippen molar-refractivity contribution in [2.75, 3.05) is 31.6 Å². The zero-order valence-corrected chi connectivity index (χ0v) is 19.8. The first-order valence-electron chi connectivity index (χ1n) is 12.1. The number of nitrogens with one attached hydrogen (secondary N) is 2. The Kier molecular flexibility index (Phi) is 6.86. The maximum Gasteiger partial charge on any atom is 0.270 e. The molecule has 3 aliphatic rings. The number of nitrogens with zero attached hydrogens (tertiary/aromatic N) is 3. The largest absolute Gasteiger partial charge is 0.379 e. The van der Waals surface area contributed by atoms with Gasteiger partial charge in [-0.2, -0.15) is 0 Å². The Labute approximate surface area is 204 Å². The predicted molar refractivity (Wildman–Crippen MR) is 134 cm³/mol. The molecule has 2 aromatic heterocycles. The third-order valence-corrected chi connectivity index (χ3v) is 6.68. The van der Waals surface area contributed by atoms with E-state index in [1.807, 2.05) is 31.2 Å². The number of ether oxygens (including phenoxy) is 1. The number of aromatic nitrogens is 2. The highest BCUT2D eigenvalue weighted by molar-refractivity contribution is 5.92. The molecule has 8 nitrogen and oxygen atoms in total. The first-order valence-corrected chi connectivity index (χ1v) is 12.1. The van der Waals surface area contributed by atoms with E-state index in [0.29, 0.717) is 24.6 Å². The zero-order valence-electron chi connectivity index (χ0n) is 19.8. The summed E-state index contributed by atoms with van der Waals surface area (Å²) in [6.45, 7) is 5.79. The first kappa shape index (κ1) is 23.2. The Balaban J connectivity index is 1.19. The molecule has 8 heteroatoms. The van der Waals surface area contributed by atoms with Gasteiger partial charge in [0.15, 0.2) is 5.94 Å². The molecule has 0 aromatic carbocycles. The van der Waals surface area contributed by atoms with Gasteiger partial charge in [0.1, 0.15) is 11.4 Å². The quantitative estimate of drug-likeness (QED) is 0.625. The molecule has 2 N–H and O–H groups in total. The third-order valence-electron chi connectivity index (χ3n) is 6.68. The maximum atomic E-state index is 12.4. The Bertz CT molecular complexity index is 1220. The summed E-state index contributed by atoms with van der Waals surface area (Å²) in [5.41, 5.74) is 6.94. The summed E-state index contributed by atoms with van der Waals surface area (Å²) in [7, 11) is 0. The molecule has 3 aliphatic heterocycles. The predicted octanol–water partition coefficient (Wildman–Crippen LogP) is 3.22. The minimum absolute atomic E-state index is 0.0749. The lowest BCUT2D eigenvalue weighted by Crippen LogP contribution is -2.35. The lowest BCUT2D eigenvalue weighted by Gasteiger charge is -2.27. The third kappa shape index (κ3) is 5.25. The summed E-state index contributed by atoms with van der Waals surface area (Å²) in [5.74, 6) is 1.85. The second-order valence-corrected chi connectivity index (χ2v) is 9.08. The smallest absolute Gasteiger partial charge is 0.270 e. The van der Waals surface area contributed by atoms with Crippen LogP contribution in [-0.2, 0) is 16.1 Å². The molecule has 180 valence electrons. The molecule has 2 aromatic rings. The molecular formula is C27H29N5O3. The van der Waals surface area contributed by atoms with Gasteiger partial charge in [-0.15, -0.1) is 0 Å². The van der Waals surface area contributed by atoms with Gasteiger partial charge in [0.2, 0.25) is 0 Å². The second kappa shape index (κ2) is 10.4. The molecule has 35 heavy (non-hydrogen) atoms. The van der Waals surface area contributed by atoms with Crippen LogP contribution in [0.5, 0.6) is 0 Å². The summed E-state index contributed by atoms with van der Waals surface area (Å²) >= 11 is 0. The fourth-order valence-corrected chi connectivity index (χ4v) is 4.64. The SMILES string of the molecule is CCC1=Cc2ncc(CN3CC=C(c4ccc(C(=O)N[C@@H]5CCOC5)nc4)CC3)cc2NC1=C=O. The van der Waals surface area contributed by atoms with E-state index in [1.54, 1.807) is 12.3 Å². The number of carbonyl (C=O) groups excluding carboxylic acids is 2. The van der Waals surface area contributed by atoms with E-state index in [2.05, 4.69) is 37.6 Å². The van der Waals surface area contributed by atoms with Gasteiger partial charge in [0.25, 0.3) is 5.91 Å². The Hall–Kier alpha value is -3.58. The fraction of sp³-hybridized carbons (Fsp3) is 0.370. The molecule has 1 amide bonds. The number of allylic oxidation sites excluding steroid dienone is 1. The van der Waals surface area contributed by atoms with E-state index in [-0.39, 0.29) is 11.9 Å². The van der Waals surface area contributed by atoms with Crippen LogP contribution in [0.2, 0.25) is 0 Å². The van der Waals surface area contributed by atoms with E-state index >= 15 is 0 Å². The normalized spacial score (nSPS) is 19.8. The van der Waals surface area contributed by atoms with Gasteiger partial charge in [-0.3, -0.25) is 19.7 Å². The van der Waals surface area contributed by atoms with Gasteiger partial charge in [0.05, 0.1) is 24.0 Å². The Morgan fingerprint density at radius 1 is 1.31 bits per heavy atom. The van der Waals surface area contributed by atoms with Crippen LogP contribution >= 0.6 is 0 Å². The molecule has 1 atom stereocenters. The molecule has 5 rings (SSSR count). The number of fused-ring (bicyclic) bond motifs is 1. The summed E-state index contributed by atoms with van der Waals surface area (Å²) in [6.07, 6.45) is 10.4. The molecule has 0 spiro atoms. The number of rotatable bonds is 6. The zero-order chi connectivity index (χ0) is 24.2. The lowest BCUT2D eigenvalue weighted by atomic mass is 10.00. The number of pyridine rings is 2. The standard InChI is InChI=1S/C27H29N5O3/c1-2-19-12-24-25(31-26(19)16-33)11-18(13-28-24)15-32-8-5-20(6-9-32)21-3-4-23(29-14-21)27(34)30-22-7-10-35-17-22/h3-5,11-14,22,31H,2,6-10,15,17H2,1H3,(H,30,34)/t22-/m1/s1. The van der Waals surface area contributed by atoms with Crippen LogP contribution in [0.15, 0.2) is 47.9 Å². The average molecular weight is 472 g/mol. The number of hydrogen-bond donors (Lipinski definition) is 2. The topological polar surface area (TPSA) is 96.5 Å². The molecular weight excluding hydrogens is 442 g/mol. The highest BCUT2D eigenvalue weighted by Gasteiger charge is 2.20. The van der Waals surface area contributed by atoms with E-state index in [0.717, 1.165) is 67.0 Å². The minimum Gasteiger partial charge on any atom is -0.379 e. The monoisotopic (exact) mass is 471 g/mol. The highest BCUT2D eigenvalue weighted by Crippen LogP contribution is 2.29.